The first-order chi connectivity index (χ1) is 25.7. The maximum absolute atomic E-state index is 2.86. The molecular formula is C51H68Cl2Si2Zr. The van der Waals surface area contributed by atoms with E-state index in [0.717, 1.165) is 6.42 Å². The van der Waals surface area contributed by atoms with Crippen LogP contribution in [-0.4, -0.2) is 19.4 Å². The molecule has 0 radical (unpaired) electrons. The quantitative estimate of drug-likeness (QED) is 0.122. The van der Waals surface area contributed by atoms with Crippen LogP contribution in [0.4, 0.5) is 0 Å². The van der Waals surface area contributed by atoms with Gasteiger partial charge < -0.3 is 24.8 Å². The summed E-state index contributed by atoms with van der Waals surface area (Å²) >= 11 is -2.86. The molecule has 0 bridgehead atoms. The van der Waals surface area contributed by atoms with Crippen molar-refractivity contribution in [2.45, 2.75) is 140 Å². The predicted molar refractivity (Wildman–Crippen MR) is 244 cm³/mol. The molecule has 2 aliphatic carbocycles. The van der Waals surface area contributed by atoms with Crippen LogP contribution in [0.1, 0.15) is 116 Å². The van der Waals surface area contributed by atoms with Gasteiger partial charge in [0.25, 0.3) is 0 Å². The van der Waals surface area contributed by atoms with Crippen molar-refractivity contribution in [2.75, 3.05) is 0 Å². The van der Waals surface area contributed by atoms with Crippen molar-refractivity contribution in [1.29, 1.82) is 0 Å². The number of allylic oxidation sites excluding steroid dienone is 4. The Bertz CT molecular complexity index is 1970. The summed E-state index contributed by atoms with van der Waals surface area (Å²) in [6.07, 6.45) is 10.9. The molecule has 0 saturated carbocycles. The minimum atomic E-state index is -2.86. The Balaban J connectivity index is 0.00000348. The van der Waals surface area contributed by atoms with Gasteiger partial charge in [-0.3, -0.25) is 0 Å². The van der Waals surface area contributed by atoms with E-state index in [9.17, 15) is 0 Å². The molecule has 0 heterocycles. The molecule has 0 nitrogen and oxygen atoms in total. The Hall–Kier alpha value is -1.87. The fourth-order valence-electron chi connectivity index (χ4n) is 9.94. The molecule has 4 aromatic rings. The maximum atomic E-state index is 2.57. The molecule has 298 valence electrons. The fourth-order valence-corrected chi connectivity index (χ4v) is 26.4. The van der Waals surface area contributed by atoms with Gasteiger partial charge in [-0.1, -0.05) is 0 Å². The summed E-state index contributed by atoms with van der Waals surface area (Å²) in [5.74, 6) is 0. The minimum absolute atomic E-state index is 0. The summed E-state index contributed by atoms with van der Waals surface area (Å²) in [6.45, 7) is 29.1. The van der Waals surface area contributed by atoms with Gasteiger partial charge in [-0.15, -0.1) is 0 Å². The molecule has 5 heteroatoms. The van der Waals surface area contributed by atoms with E-state index in [1.165, 1.54) is 69.6 Å². The number of benzene rings is 4. The van der Waals surface area contributed by atoms with Crippen molar-refractivity contribution in [2.24, 2.45) is 0 Å². The molecule has 6 rings (SSSR count). The van der Waals surface area contributed by atoms with Gasteiger partial charge in [-0.2, -0.15) is 0 Å². The number of rotatable bonds is 12. The molecule has 0 spiro atoms. The number of fused-ring (bicyclic) bond motifs is 3. The van der Waals surface area contributed by atoms with Gasteiger partial charge in [0.2, 0.25) is 0 Å². The number of halogens is 2. The van der Waals surface area contributed by atoms with Crippen LogP contribution in [0.5, 0.6) is 0 Å². The van der Waals surface area contributed by atoms with E-state index in [1.54, 1.807) is 28.0 Å². The normalized spacial score (nSPS) is 13.8. The van der Waals surface area contributed by atoms with Crippen LogP contribution in [0.15, 0.2) is 103 Å². The van der Waals surface area contributed by atoms with E-state index in [-0.39, 0.29) is 35.6 Å². The van der Waals surface area contributed by atoms with Crippen molar-refractivity contribution < 1.29 is 46.1 Å². The topological polar surface area (TPSA) is 0 Å². The van der Waals surface area contributed by atoms with Gasteiger partial charge in [-0.05, 0) is 0 Å². The van der Waals surface area contributed by atoms with E-state index >= 15 is 0 Å². The summed E-state index contributed by atoms with van der Waals surface area (Å²) in [5.41, 5.74) is 12.2. The molecule has 0 amide bonds. The molecule has 2 aliphatic rings. The van der Waals surface area contributed by atoms with Gasteiger partial charge >= 0.3 is 342 Å². The Kier molecular flexibility index (Phi) is 15.5. The SMILES string of the molecule is CC[Si](CC)(CC)c1ccc([C](c2ccc([Si](CC)(CC)CC)cc2)=[Zr+2]([c]2c(C(C)(C)C)ccc3c2Cc2cc(C(C)(C)C)ccc2-3)[CH]2C=CC=C2)cc1.[Cl-].[Cl-]. The smallest absolute Gasteiger partial charge is 1.00 e. The Morgan fingerprint density at radius 2 is 1.02 bits per heavy atom. The first kappa shape index (κ1) is 46.8. The predicted octanol–water partition coefficient (Wildman–Crippen LogP) is 6.72. The third-order valence-corrected chi connectivity index (χ3v) is 33.3. The van der Waals surface area contributed by atoms with Crippen LogP contribution in [0.3, 0.4) is 0 Å². The third-order valence-electron chi connectivity index (χ3n) is 14.0. The van der Waals surface area contributed by atoms with Crippen LogP contribution >= 0.6 is 0 Å². The van der Waals surface area contributed by atoms with Crippen LogP contribution in [0.25, 0.3) is 11.1 Å². The van der Waals surface area contributed by atoms with E-state index in [1.807, 2.05) is 0 Å². The second-order valence-electron chi connectivity index (χ2n) is 18.5. The third kappa shape index (κ3) is 8.70. The summed E-state index contributed by atoms with van der Waals surface area (Å²) in [6, 6.07) is 40.8. The molecule has 56 heavy (non-hydrogen) atoms. The van der Waals surface area contributed by atoms with Gasteiger partial charge in [0.05, 0.1) is 0 Å². The molecule has 0 unspecified atom stereocenters. The summed E-state index contributed by atoms with van der Waals surface area (Å²) in [5, 5.41) is 3.29. The van der Waals surface area contributed by atoms with Gasteiger partial charge in [0.15, 0.2) is 0 Å². The maximum Gasteiger partial charge on any atom is -1.00 e. The van der Waals surface area contributed by atoms with Crippen molar-refractivity contribution in [1.82, 2.24) is 0 Å². The molecule has 0 atom stereocenters. The van der Waals surface area contributed by atoms with Crippen LogP contribution in [0.2, 0.25) is 39.9 Å². The van der Waals surface area contributed by atoms with Crippen LogP contribution in [-0.2, 0) is 38.5 Å². The summed E-state index contributed by atoms with van der Waals surface area (Å²) < 4.78 is 3.89. The monoisotopic (exact) mass is 896 g/mol. The van der Waals surface area contributed by atoms with E-state index in [4.69, 9.17) is 0 Å². The minimum Gasteiger partial charge on any atom is -1.00 e. The Labute approximate surface area is 364 Å². The largest absolute Gasteiger partial charge is 1.00 e. The number of hydrogen-bond acceptors (Lipinski definition) is 0. The molecular weight excluding hydrogens is 831 g/mol. The average molecular weight is 899 g/mol. The molecule has 4 aromatic carbocycles. The molecule has 0 aliphatic heterocycles. The second-order valence-corrected chi connectivity index (χ2v) is 35.1. The first-order valence-corrected chi connectivity index (χ1v) is 30.4. The standard InChI is InChI=1S/C25H38Si2.C21H25.C5H5.2ClH.Zr/c1-7-26(8-2,9-3)24-17-13-22(14-18-24)21-23-15-19-25(20-16-23)27(10-4,11-5)12-6;1-20(2,3)16-7-9-18-14(12-16)11-15-13-17(21(4,5)6)8-10-19(15)18;1-2-4-5-3-1;;;/h13-20H,7-12H2,1-6H3;7-10,12H,11H2,1-6H3;1-5H;2*1H;/q;;;;;+2/p-2. The fraction of sp³-hybridized carbons (Fsp3) is 0.431. The molecule has 0 saturated heterocycles. The summed E-state index contributed by atoms with van der Waals surface area (Å²) in [7, 11) is -3.00. The van der Waals surface area contributed by atoms with Crippen LogP contribution < -0.4 is 38.5 Å². The Morgan fingerprint density at radius 3 is 1.43 bits per heavy atom. The van der Waals surface area contributed by atoms with Gasteiger partial charge in [-0.25, -0.2) is 0 Å². The zero-order valence-corrected chi connectivity index (χ0v) is 42.6. The number of hydrogen-bond donors (Lipinski definition) is 0. The molecule has 0 N–H and O–H groups in total. The van der Waals surface area contributed by atoms with Gasteiger partial charge in [0, 0.05) is 0 Å². The molecule has 0 aromatic heterocycles. The second kappa shape index (κ2) is 18.6. The van der Waals surface area contributed by atoms with Gasteiger partial charge in [0.1, 0.15) is 0 Å². The van der Waals surface area contributed by atoms with Crippen molar-refractivity contribution >= 4 is 33.0 Å². The van der Waals surface area contributed by atoms with Crippen molar-refractivity contribution in [3.8, 4) is 11.1 Å². The zero-order valence-electron chi connectivity index (χ0n) is 36.6. The van der Waals surface area contributed by atoms with Crippen LogP contribution in [0, 0.1) is 0 Å². The van der Waals surface area contributed by atoms with Crippen molar-refractivity contribution in [3.05, 3.63) is 137 Å². The zero-order chi connectivity index (χ0) is 39.1. The van der Waals surface area contributed by atoms with E-state index < -0.39 is 37.4 Å². The molecule has 0 fully saturated rings. The average Bonchev–Trinajstić information content (AvgIpc) is 3.84. The van der Waals surface area contributed by atoms with E-state index in [0.29, 0.717) is 3.63 Å². The Morgan fingerprint density at radius 1 is 0.571 bits per heavy atom. The van der Waals surface area contributed by atoms with Crippen molar-refractivity contribution in [3.63, 3.8) is 0 Å². The van der Waals surface area contributed by atoms with E-state index in [2.05, 4.69) is 186 Å². The summed E-state index contributed by atoms with van der Waals surface area (Å²) in [4.78, 5) is 0. The first-order valence-electron chi connectivity index (χ1n) is 21.3.